The van der Waals surface area contributed by atoms with E-state index in [4.69, 9.17) is 5.73 Å². The van der Waals surface area contributed by atoms with Crippen LogP contribution in [0.25, 0.3) is 0 Å². The lowest BCUT2D eigenvalue weighted by Crippen LogP contribution is -2.40. The molecule has 0 spiro atoms. The molecule has 0 unspecified atom stereocenters. The fraction of sp³-hybridized carbons (Fsp3) is 0.375. The highest BCUT2D eigenvalue weighted by Gasteiger charge is 2.19. The van der Waals surface area contributed by atoms with Gasteiger partial charge in [-0.2, -0.15) is 0 Å². The Kier molecular flexibility index (Phi) is 6.44. The van der Waals surface area contributed by atoms with E-state index < -0.39 is 0 Å². The van der Waals surface area contributed by atoms with Crippen LogP contribution in [0.15, 0.2) is 24.3 Å². The van der Waals surface area contributed by atoms with Crippen LogP contribution in [0.5, 0.6) is 0 Å². The van der Waals surface area contributed by atoms with Crippen molar-refractivity contribution in [2.75, 3.05) is 33.7 Å². The molecule has 0 saturated heterocycles. The maximum absolute atomic E-state index is 12.6. The van der Waals surface area contributed by atoms with Crippen LogP contribution in [-0.4, -0.2) is 55.3 Å². The standard InChI is InChI=1S/C16H21N3O2/c1-4-19(12-15(20)18(2)3)16(21)14-10-6-5-8-13(14)9-7-11-17/h5-6,8,10H,4,11-12,17H2,1-3H3. The summed E-state index contributed by atoms with van der Waals surface area (Å²) in [5, 5.41) is 0. The zero-order chi connectivity index (χ0) is 15.8. The molecular formula is C16H21N3O2. The van der Waals surface area contributed by atoms with Gasteiger partial charge < -0.3 is 15.5 Å². The van der Waals surface area contributed by atoms with Crippen LogP contribution in [0.1, 0.15) is 22.8 Å². The lowest BCUT2D eigenvalue weighted by atomic mass is 10.1. The number of carbonyl (C=O) groups is 2. The summed E-state index contributed by atoms with van der Waals surface area (Å²) < 4.78 is 0. The fourth-order valence-electron chi connectivity index (χ4n) is 1.73. The molecule has 0 aliphatic heterocycles. The van der Waals surface area contributed by atoms with Crippen LogP contribution in [0.3, 0.4) is 0 Å². The van der Waals surface area contributed by atoms with Gasteiger partial charge in [0.15, 0.2) is 0 Å². The van der Waals surface area contributed by atoms with Gasteiger partial charge in [-0.15, -0.1) is 0 Å². The van der Waals surface area contributed by atoms with E-state index >= 15 is 0 Å². The van der Waals surface area contributed by atoms with Crippen molar-refractivity contribution in [3.63, 3.8) is 0 Å². The van der Waals surface area contributed by atoms with Crippen LogP contribution < -0.4 is 5.73 Å². The predicted octanol–water partition coefficient (Wildman–Crippen LogP) is 0.547. The highest BCUT2D eigenvalue weighted by atomic mass is 16.2. The van der Waals surface area contributed by atoms with Crippen molar-refractivity contribution in [3.8, 4) is 11.8 Å². The van der Waals surface area contributed by atoms with Gasteiger partial charge in [0.1, 0.15) is 0 Å². The number of nitrogens with two attached hydrogens (primary N) is 1. The molecular weight excluding hydrogens is 266 g/mol. The van der Waals surface area contributed by atoms with Crippen molar-refractivity contribution in [1.29, 1.82) is 0 Å². The van der Waals surface area contributed by atoms with Crippen LogP contribution in [-0.2, 0) is 4.79 Å². The minimum atomic E-state index is -0.199. The molecule has 0 heterocycles. The molecule has 0 atom stereocenters. The summed E-state index contributed by atoms with van der Waals surface area (Å²) in [4.78, 5) is 27.3. The normalized spacial score (nSPS) is 9.52. The summed E-state index contributed by atoms with van der Waals surface area (Å²) in [5.41, 5.74) is 6.49. The molecule has 5 nitrogen and oxygen atoms in total. The van der Waals surface area contributed by atoms with Crippen molar-refractivity contribution < 1.29 is 9.59 Å². The van der Waals surface area contributed by atoms with Crippen LogP contribution >= 0.6 is 0 Å². The third-order valence-corrected chi connectivity index (χ3v) is 2.98. The van der Waals surface area contributed by atoms with Gasteiger partial charge in [-0.1, -0.05) is 24.0 Å². The van der Waals surface area contributed by atoms with E-state index in [1.807, 2.05) is 13.0 Å². The number of likely N-dealkylation sites (N-methyl/N-ethyl adjacent to an activating group) is 2. The van der Waals surface area contributed by atoms with Crippen LogP contribution in [0, 0.1) is 11.8 Å². The number of rotatable bonds is 4. The molecule has 5 heteroatoms. The summed E-state index contributed by atoms with van der Waals surface area (Å²) in [7, 11) is 3.34. The smallest absolute Gasteiger partial charge is 0.255 e. The maximum atomic E-state index is 12.6. The summed E-state index contributed by atoms with van der Waals surface area (Å²) in [6.45, 7) is 2.59. The van der Waals surface area contributed by atoms with Crippen molar-refractivity contribution in [3.05, 3.63) is 35.4 Å². The number of hydrogen-bond acceptors (Lipinski definition) is 3. The van der Waals surface area contributed by atoms with Crippen molar-refractivity contribution in [2.24, 2.45) is 5.73 Å². The molecule has 0 saturated carbocycles. The average molecular weight is 287 g/mol. The Morgan fingerprint density at radius 3 is 2.48 bits per heavy atom. The number of carbonyl (C=O) groups excluding carboxylic acids is 2. The molecule has 112 valence electrons. The van der Waals surface area contributed by atoms with E-state index in [1.165, 1.54) is 9.80 Å². The minimum Gasteiger partial charge on any atom is -0.347 e. The predicted molar refractivity (Wildman–Crippen MR) is 82.6 cm³/mol. The van der Waals surface area contributed by atoms with Gasteiger partial charge in [-0.05, 0) is 19.1 Å². The number of amides is 2. The number of nitrogens with zero attached hydrogens (tertiary/aromatic N) is 2. The summed E-state index contributed by atoms with van der Waals surface area (Å²) in [6, 6.07) is 7.09. The minimum absolute atomic E-state index is 0.0565. The van der Waals surface area contributed by atoms with Crippen LogP contribution in [0.4, 0.5) is 0 Å². The third-order valence-electron chi connectivity index (χ3n) is 2.98. The lowest BCUT2D eigenvalue weighted by molar-refractivity contribution is -0.129. The molecule has 0 fully saturated rings. The second-order valence-corrected chi connectivity index (χ2v) is 4.66. The van der Waals surface area contributed by atoms with Gasteiger partial charge in [0, 0.05) is 26.2 Å². The zero-order valence-corrected chi connectivity index (χ0v) is 12.7. The molecule has 1 aromatic carbocycles. The van der Waals surface area contributed by atoms with Crippen molar-refractivity contribution >= 4 is 11.8 Å². The lowest BCUT2D eigenvalue weighted by Gasteiger charge is -2.22. The van der Waals surface area contributed by atoms with E-state index in [-0.39, 0.29) is 24.9 Å². The first kappa shape index (κ1) is 16.7. The van der Waals surface area contributed by atoms with E-state index in [1.54, 1.807) is 32.3 Å². The Balaban J connectivity index is 3.03. The van der Waals surface area contributed by atoms with E-state index in [0.717, 1.165) is 0 Å². The summed E-state index contributed by atoms with van der Waals surface area (Å²) in [5.74, 6) is 5.32. The molecule has 0 radical (unpaired) electrons. The molecule has 21 heavy (non-hydrogen) atoms. The molecule has 0 bridgehead atoms. The topological polar surface area (TPSA) is 66.6 Å². The van der Waals surface area contributed by atoms with Gasteiger partial charge in [-0.3, -0.25) is 9.59 Å². The Bertz CT molecular complexity index is 570. The van der Waals surface area contributed by atoms with Gasteiger partial charge >= 0.3 is 0 Å². The van der Waals surface area contributed by atoms with E-state index in [2.05, 4.69) is 11.8 Å². The van der Waals surface area contributed by atoms with Gasteiger partial charge in [-0.25, -0.2) is 0 Å². The first-order valence-corrected chi connectivity index (χ1v) is 6.78. The Labute approximate surface area is 125 Å². The molecule has 1 aromatic rings. The SMILES string of the molecule is CCN(CC(=O)N(C)C)C(=O)c1ccccc1C#CCN. The second kappa shape index (κ2) is 8.08. The van der Waals surface area contributed by atoms with Crippen LogP contribution in [0.2, 0.25) is 0 Å². The monoisotopic (exact) mass is 287 g/mol. The van der Waals surface area contributed by atoms with E-state index in [0.29, 0.717) is 17.7 Å². The van der Waals surface area contributed by atoms with Crippen molar-refractivity contribution in [2.45, 2.75) is 6.92 Å². The number of hydrogen-bond donors (Lipinski definition) is 1. The first-order chi connectivity index (χ1) is 10.0. The molecule has 1 rings (SSSR count). The third kappa shape index (κ3) is 4.62. The van der Waals surface area contributed by atoms with Gasteiger partial charge in [0.05, 0.1) is 18.7 Å². The maximum Gasteiger partial charge on any atom is 0.255 e. The molecule has 0 aliphatic rings. The quantitative estimate of drug-likeness (QED) is 0.822. The highest BCUT2D eigenvalue weighted by Crippen LogP contribution is 2.11. The first-order valence-electron chi connectivity index (χ1n) is 6.78. The second-order valence-electron chi connectivity index (χ2n) is 4.66. The zero-order valence-electron chi connectivity index (χ0n) is 12.7. The summed E-state index contributed by atoms with van der Waals surface area (Å²) in [6.07, 6.45) is 0. The number of benzene rings is 1. The van der Waals surface area contributed by atoms with Gasteiger partial charge in [0.25, 0.3) is 5.91 Å². The summed E-state index contributed by atoms with van der Waals surface area (Å²) >= 11 is 0. The largest absolute Gasteiger partial charge is 0.347 e. The molecule has 0 aromatic heterocycles. The molecule has 2 amide bonds. The van der Waals surface area contributed by atoms with Gasteiger partial charge in [0.2, 0.25) is 5.91 Å². The van der Waals surface area contributed by atoms with Crippen molar-refractivity contribution in [1.82, 2.24) is 9.80 Å². The Morgan fingerprint density at radius 1 is 1.24 bits per heavy atom. The Morgan fingerprint density at radius 2 is 1.90 bits per heavy atom. The molecule has 2 N–H and O–H groups in total. The fourth-order valence-corrected chi connectivity index (χ4v) is 1.73. The molecule has 0 aliphatic carbocycles. The van der Waals surface area contributed by atoms with E-state index in [9.17, 15) is 9.59 Å². The highest BCUT2D eigenvalue weighted by molar-refractivity contribution is 5.98. The Hall–Kier alpha value is -2.32. The average Bonchev–Trinajstić information content (AvgIpc) is 2.49.